The van der Waals surface area contributed by atoms with Gasteiger partial charge in [0.05, 0.1) is 17.6 Å². The van der Waals surface area contributed by atoms with Crippen LogP contribution in [0.3, 0.4) is 0 Å². The third-order valence-corrected chi connectivity index (χ3v) is 6.86. The molecule has 2 amide bonds. The number of benzene rings is 2. The molecule has 3 N–H and O–H groups in total. The second-order valence-corrected chi connectivity index (χ2v) is 10.2. The molecule has 4 rings (SSSR count). The quantitative estimate of drug-likeness (QED) is 0.527. The van der Waals surface area contributed by atoms with Crippen LogP contribution in [0, 0.1) is 6.92 Å². The molecule has 0 unspecified atom stereocenters. The van der Waals surface area contributed by atoms with Gasteiger partial charge in [-0.05, 0) is 56.7 Å². The Balaban J connectivity index is 1.62. The number of amides is 2. The number of aryl methyl sites for hydroxylation is 2. The van der Waals surface area contributed by atoms with E-state index < -0.39 is 26.7 Å². The third kappa shape index (κ3) is 4.42. The van der Waals surface area contributed by atoms with E-state index in [0.717, 1.165) is 53.3 Å². The van der Waals surface area contributed by atoms with Crippen molar-refractivity contribution in [3.05, 3.63) is 71.0 Å². The Morgan fingerprint density at radius 1 is 1.09 bits per heavy atom. The molecule has 0 saturated carbocycles. The van der Waals surface area contributed by atoms with E-state index >= 15 is 0 Å². The van der Waals surface area contributed by atoms with Crippen molar-refractivity contribution in [1.29, 1.82) is 0 Å². The molecule has 0 spiro atoms. The molecule has 1 aliphatic rings. The fourth-order valence-electron chi connectivity index (χ4n) is 3.87. The summed E-state index contributed by atoms with van der Waals surface area (Å²) < 4.78 is 32.4. The maximum Gasteiger partial charge on any atom is 0.333 e. The lowest BCUT2D eigenvalue weighted by Gasteiger charge is -2.17. The fraction of sp³-hybridized carbons (Fsp3) is 0.292. The Bertz CT molecular complexity index is 1270. The predicted molar refractivity (Wildman–Crippen MR) is 122 cm³/mol. The van der Waals surface area contributed by atoms with Gasteiger partial charge in [-0.1, -0.05) is 42.0 Å². The molecule has 8 heteroatoms. The Kier molecular flexibility index (Phi) is 5.60. The monoisotopic (exact) mass is 454 g/mol. The Morgan fingerprint density at radius 3 is 2.47 bits per heavy atom. The number of furan rings is 1. The number of rotatable bonds is 5. The van der Waals surface area contributed by atoms with Gasteiger partial charge < -0.3 is 14.8 Å². The number of anilines is 1. The van der Waals surface area contributed by atoms with Crippen LogP contribution in [-0.4, -0.2) is 19.6 Å². The molecule has 1 heterocycles. The van der Waals surface area contributed by atoms with E-state index in [-0.39, 0.29) is 0 Å². The predicted octanol–water partition coefficient (Wildman–Crippen LogP) is 4.48. The number of fused-ring (bicyclic) bond motifs is 1. The minimum Gasteiger partial charge on any atom is -0.451 e. The number of hydrogen-bond donors (Lipinski definition) is 3. The highest BCUT2D eigenvalue weighted by atomic mass is 32.2. The van der Waals surface area contributed by atoms with Gasteiger partial charge in [-0.15, -0.1) is 0 Å². The maximum atomic E-state index is 12.8. The van der Waals surface area contributed by atoms with Crippen LogP contribution in [0.5, 0.6) is 0 Å². The summed E-state index contributed by atoms with van der Waals surface area (Å²) in [5, 5.41) is 12.4. The second kappa shape index (κ2) is 8.11. The van der Waals surface area contributed by atoms with Gasteiger partial charge in [0.2, 0.25) is 5.09 Å². The van der Waals surface area contributed by atoms with Crippen molar-refractivity contribution >= 4 is 21.7 Å². The molecular weight excluding hydrogens is 428 g/mol. The smallest absolute Gasteiger partial charge is 0.333 e. The number of carbonyl (C=O) groups excluding carboxylic acids is 1. The molecule has 0 bridgehead atoms. The third-order valence-electron chi connectivity index (χ3n) is 5.66. The molecule has 0 fully saturated rings. The molecule has 0 atom stereocenters. The number of hydrogen-bond acceptors (Lipinski definition) is 5. The average Bonchev–Trinajstić information content (AvgIpc) is 3.38. The average molecular weight is 455 g/mol. The van der Waals surface area contributed by atoms with Gasteiger partial charge >= 0.3 is 6.03 Å². The summed E-state index contributed by atoms with van der Waals surface area (Å²) in [6, 6.07) is 12.3. The standard InChI is InChI=1S/C24H26N2O5S/c1-15-7-9-17(10-8-15)20-12-11-16-5-4-6-19(16)22(20)25-23(27)26-32(29,30)21-13-18(14-31-21)24(2,3)28/h7-14,28H,4-6H2,1-3H3,(H2,25,26,27). The largest absolute Gasteiger partial charge is 0.451 e. The second-order valence-electron chi connectivity index (χ2n) is 8.62. The molecular formula is C24H26N2O5S. The summed E-state index contributed by atoms with van der Waals surface area (Å²) in [4.78, 5) is 12.8. The summed E-state index contributed by atoms with van der Waals surface area (Å²) >= 11 is 0. The summed E-state index contributed by atoms with van der Waals surface area (Å²) in [6.45, 7) is 5.02. The Hall–Kier alpha value is -3.10. The molecule has 32 heavy (non-hydrogen) atoms. The van der Waals surface area contributed by atoms with Crippen LogP contribution < -0.4 is 10.0 Å². The van der Waals surface area contributed by atoms with Crippen LogP contribution in [0.1, 0.15) is 42.5 Å². The fourth-order valence-corrected chi connectivity index (χ4v) is 4.73. The lowest BCUT2D eigenvalue weighted by atomic mass is 9.97. The molecule has 1 aliphatic carbocycles. The van der Waals surface area contributed by atoms with Crippen molar-refractivity contribution in [2.45, 2.75) is 50.7 Å². The highest BCUT2D eigenvalue weighted by molar-refractivity contribution is 7.89. The molecule has 0 aliphatic heterocycles. The van der Waals surface area contributed by atoms with E-state index in [1.54, 1.807) is 0 Å². The molecule has 168 valence electrons. The topological polar surface area (TPSA) is 109 Å². The first-order chi connectivity index (χ1) is 15.0. The molecule has 1 aromatic heterocycles. The lowest BCUT2D eigenvalue weighted by molar-refractivity contribution is 0.0779. The number of carbonyl (C=O) groups is 1. The van der Waals surface area contributed by atoms with Crippen molar-refractivity contribution in [3.8, 4) is 11.1 Å². The molecule has 0 radical (unpaired) electrons. The van der Waals surface area contributed by atoms with Gasteiger partial charge in [0.1, 0.15) is 0 Å². The van der Waals surface area contributed by atoms with E-state index in [9.17, 15) is 18.3 Å². The van der Waals surface area contributed by atoms with E-state index in [2.05, 4.69) is 11.4 Å². The van der Waals surface area contributed by atoms with Gasteiger partial charge in [-0.3, -0.25) is 0 Å². The molecule has 0 saturated heterocycles. The lowest BCUT2D eigenvalue weighted by Crippen LogP contribution is -2.34. The van der Waals surface area contributed by atoms with Crippen molar-refractivity contribution in [1.82, 2.24) is 4.72 Å². The number of sulfonamides is 1. The molecule has 3 aromatic rings. The van der Waals surface area contributed by atoms with Crippen molar-refractivity contribution in [2.75, 3.05) is 5.32 Å². The first-order valence-electron chi connectivity index (χ1n) is 10.4. The minimum absolute atomic E-state index is 0.292. The Labute approximate surface area is 187 Å². The number of urea groups is 1. The SMILES string of the molecule is Cc1ccc(-c2ccc3c(c2NC(=O)NS(=O)(=O)c2cc(C(C)(C)O)co2)CCC3)cc1. The van der Waals surface area contributed by atoms with E-state index in [4.69, 9.17) is 4.42 Å². The van der Waals surface area contributed by atoms with Gasteiger partial charge in [0.25, 0.3) is 10.0 Å². The summed E-state index contributed by atoms with van der Waals surface area (Å²) in [7, 11) is -4.26. The van der Waals surface area contributed by atoms with Gasteiger partial charge in [-0.2, -0.15) is 8.42 Å². The van der Waals surface area contributed by atoms with Crippen LogP contribution in [0.2, 0.25) is 0 Å². The van der Waals surface area contributed by atoms with E-state index in [0.29, 0.717) is 11.3 Å². The zero-order valence-electron chi connectivity index (χ0n) is 18.2. The van der Waals surface area contributed by atoms with E-state index in [1.807, 2.05) is 42.0 Å². The first kappa shape index (κ1) is 22.1. The van der Waals surface area contributed by atoms with Crippen molar-refractivity contribution < 1.29 is 22.7 Å². The summed E-state index contributed by atoms with van der Waals surface area (Å²) in [5.74, 6) is 0. The normalized spacial score (nSPS) is 13.6. The van der Waals surface area contributed by atoms with Gasteiger partial charge in [0.15, 0.2) is 0 Å². The maximum absolute atomic E-state index is 12.8. The molecule has 2 aromatic carbocycles. The minimum atomic E-state index is -4.26. The van der Waals surface area contributed by atoms with Crippen LogP contribution in [0.15, 0.2) is 58.2 Å². The molecule has 7 nitrogen and oxygen atoms in total. The number of aliphatic hydroxyl groups is 1. The first-order valence-corrected chi connectivity index (χ1v) is 11.9. The van der Waals surface area contributed by atoms with Crippen LogP contribution in [0.25, 0.3) is 11.1 Å². The van der Waals surface area contributed by atoms with Crippen LogP contribution >= 0.6 is 0 Å². The van der Waals surface area contributed by atoms with E-state index in [1.165, 1.54) is 19.9 Å². The van der Waals surface area contributed by atoms with Gasteiger partial charge in [0, 0.05) is 17.2 Å². The Morgan fingerprint density at radius 2 is 1.81 bits per heavy atom. The van der Waals surface area contributed by atoms with Crippen molar-refractivity contribution in [3.63, 3.8) is 0 Å². The van der Waals surface area contributed by atoms with Crippen LogP contribution in [0.4, 0.5) is 10.5 Å². The summed E-state index contributed by atoms with van der Waals surface area (Å²) in [5.41, 5.74) is 4.71. The zero-order valence-corrected chi connectivity index (χ0v) is 19.0. The highest BCUT2D eigenvalue weighted by Gasteiger charge is 2.27. The number of nitrogens with one attached hydrogen (secondary N) is 2. The van der Waals surface area contributed by atoms with Crippen LogP contribution in [-0.2, 0) is 28.5 Å². The zero-order chi connectivity index (χ0) is 23.1. The highest BCUT2D eigenvalue weighted by Crippen LogP contribution is 2.37. The van der Waals surface area contributed by atoms with Gasteiger partial charge in [-0.25, -0.2) is 9.52 Å². The van der Waals surface area contributed by atoms with Crippen molar-refractivity contribution in [2.24, 2.45) is 0 Å². The summed E-state index contributed by atoms with van der Waals surface area (Å²) in [6.07, 6.45) is 3.87.